The zero-order chi connectivity index (χ0) is 30.3. The van der Waals surface area contributed by atoms with Crippen LogP contribution in [0.15, 0.2) is 24.3 Å². The van der Waals surface area contributed by atoms with Gasteiger partial charge in [0.25, 0.3) is 0 Å². The highest BCUT2D eigenvalue weighted by molar-refractivity contribution is 5.84. The van der Waals surface area contributed by atoms with Crippen LogP contribution in [0, 0.1) is 11.8 Å². The van der Waals surface area contributed by atoms with Crippen LogP contribution < -0.4 is 0 Å². The molecule has 3 N–H and O–H groups in total. The van der Waals surface area contributed by atoms with E-state index in [9.17, 15) is 29.7 Å². The number of aliphatic hydroxyl groups excluding tert-OH is 3. The summed E-state index contributed by atoms with van der Waals surface area (Å²) < 4.78 is 10.4. The molecule has 236 valence electrons. The molecule has 0 aliphatic heterocycles. The normalized spacial score (nSPS) is 20.6. The zero-order valence-corrected chi connectivity index (χ0v) is 25.5. The Hall–Kier alpha value is -2.03. The molecule has 0 radical (unpaired) electrons. The first kappa shape index (κ1) is 37.0. The first-order valence-electron chi connectivity index (χ1n) is 16.0. The van der Waals surface area contributed by atoms with E-state index in [4.69, 9.17) is 9.47 Å². The van der Waals surface area contributed by atoms with Crippen molar-refractivity contribution in [3.05, 3.63) is 24.3 Å². The monoisotopic (exact) mass is 580 g/mol. The first-order valence-corrected chi connectivity index (χ1v) is 16.0. The summed E-state index contributed by atoms with van der Waals surface area (Å²) in [5.74, 6) is -1.38. The number of rotatable bonds is 24. The number of Topliss-reactive ketones (excluding diaryl/α,β-unsaturated/α-hetero) is 1. The average molecular weight is 581 g/mol. The van der Waals surface area contributed by atoms with E-state index in [1.807, 2.05) is 12.2 Å². The summed E-state index contributed by atoms with van der Waals surface area (Å²) in [6.45, 7) is 3.72. The summed E-state index contributed by atoms with van der Waals surface area (Å²) >= 11 is 0. The van der Waals surface area contributed by atoms with Gasteiger partial charge < -0.3 is 24.8 Å². The van der Waals surface area contributed by atoms with Gasteiger partial charge in [0.15, 0.2) is 6.10 Å². The molecule has 0 unspecified atom stereocenters. The Balaban J connectivity index is 2.26. The first-order chi connectivity index (χ1) is 19.8. The lowest BCUT2D eigenvalue weighted by Gasteiger charge is -2.16. The molecule has 1 aliphatic rings. The lowest BCUT2D eigenvalue weighted by Crippen LogP contribution is -2.28. The minimum atomic E-state index is -0.852. The number of ether oxygens (including phenoxy) is 2. The fraction of sp³-hybridized carbons (Fsp3) is 0.788. The molecule has 0 aromatic carbocycles. The molecule has 0 bridgehead atoms. The van der Waals surface area contributed by atoms with Crippen molar-refractivity contribution in [1.82, 2.24) is 0 Å². The molecule has 5 atom stereocenters. The summed E-state index contributed by atoms with van der Waals surface area (Å²) in [5.41, 5.74) is 0. The topological polar surface area (TPSA) is 130 Å². The molecule has 1 fully saturated rings. The maximum absolute atomic E-state index is 12.4. The Bertz CT molecular complexity index is 777. The van der Waals surface area contributed by atoms with Crippen molar-refractivity contribution in [3.8, 4) is 0 Å². The van der Waals surface area contributed by atoms with Gasteiger partial charge in [0.05, 0.1) is 18.8 Å². The van der Waals surface area contributed by atoms with Crippen LogP contribution in [-0.2, 0) is 23.9 Å². The van der Waals surface area contributed by atoms with E-state index in [0.717, 1.165) is 38.5 Å². The van der Waals surface area contributed by atoms with Crippen LogP contribution in [0.5, 0.6) is 0 Å². The molecule has 8 nitrogen and oxygen atoms in total. The number of esters is 2. The number of carbonyl (C=O) groups excluding carboxylic acids is 3. The van der Waals surface area contributed by atoms with Crippen LogP contribution in [-0.4, -0.2) is 64.6 Å². The standard InChI is InChI=1S/C33H56O8/c1-3-5-7-8-9-10-16-20-33(39)41-27(24-34)25-40-32(38)19-15-12-11-14-18-28-29(31(37)23-30(28)36)22-21-26(35)17-13-6-4-2/h11,14,21-22,26-29,31,34-35,37H,3-10,12-13,15-20,23-25H2,1-2H3/b14-11-,22-21+/t26-,27-,28+,29+,31+/m0/s1. The van der Waals surface area contributed by atoms with Crippen LogP contribution in [0.4, 0.5) is 0 Å². The van der Waals surface area contributed by atoms with E-state index in [0.29, 0.717) is 32.1 Å². The Labute approximate surface area is 247 Å². The van der Waals surface area contributed by atoms with Gasteiger partial charge in [0.1, 0.15) is 12.4 Å². The lowest BCUT2D eigenvalue weighted by molar-refractivity contribution is -0.161. The van der Waals surface area contributed by atoms with Crippen LogP contribution in [0.3, 0.4) is 0 Å². The van der Waals surface area contributed by atoms with Gasteiger partial charge in [-0.05, 0) is 32.1 Å². The summed E-state index contributed by atoms with van der Waals surface area (Å²) in [7, 11) is 0. The van der Waals surface area contributed by atoms with E-state index < -0.39 is 30.9 Å². The molecule has 1 saturated carbocycles. The molecule has 0 aromatic heterocycles. The van der Waals surface area contributed by atoms with E-state index in [-0.39, 0.29) is 43.0 Å². The SMILES string of the molecule is CCCCCCCCCC(=O)O[C@@H](CO)COC(=O)CCC/C=C\C[C@H]1C(=O)C[C@@H](O)[C@@H]1/C=C/[C@@H](O)CCCCC. The van der Waals surface area contributed by atoms with Gasteiger partial charge in [-0.3, -0.25) is 14.4 Å². The van der Waals surface area contributed by atoms with Crippen LogP contribution in [0.25, 0.3) is 0 Å². The van der Waals surface area contributed by atoms with Crippen molar-refractivity contribution in [3.63, 3.8) is 0 Å². The second kappa shape index (κ2) is 23.5. The maximum atomic E-state index is 12.4. The van der Waals surface area contributed by atoms with Gasteiger partial charge in [0.2, 0.25) is 0 Å². The van der Waals surface area contributed by atoms with Crippen LogP contribution in [0.1, 0.15) is 123 Å². The van der Waals surface area contributed by atoms with Crippen LogP contribution in [0.2, 0.25) is 0 Å². The maximum Gasteiger partial charge on any atom is 0.306 e. The highest BCUT2D eigenvalue weighted by atomic mass is 16.6. The van der Waals surface area contributed by atoms with Crippen molar-refractivity contribution in [1.29, 1.82) is 0 Å². The Morgan fingerprint density at radius 2 is 1.59 bits per heavy atom. The predicted molar refractivity (Wildman–Crippen MR) is 160 cm³/mol. The Morgan fingerprint density at radius 3 is 2.29 bits per heavy atom. The molecular formula is C33H56O8. The highest BCUT2D eigenvalue weighted by Gasteiger charge is 2.39. The molecule has 1 aliphatic carbocycles. The third kappa shape index (κ3) is 17.5. The number of ketones is 1. The summed E-state index contributed by atoms with van der Waals surface area (Å²) in [6.07, 6.45) is 19.0. The summed E-state index contributed by atoms with van der Waals surface area (Å²) in [6, 6.07) is 0. The van der Waals surface area contributed by atoms with Gasteiger partial charge in [-0.25, -0.2) is 0 Å². The Kier molecular flexibility index (Phi) is 21.2. The molecule has 0 spiro atoms. The lowest BCUT2D eigenvalue weighted by atomic mass is 9.90. The smallest absolute Gasteiger partial charge is 0.306 e. The van der Waals surface area contributed by atoms with Crippen LogP contribution >= 0.6 is 0 Å². The highest BCUT2D eigenvalue weighted by Crippen LogP contribution is 2.33. The van der Waals surface area contributed by atoms with Crippen molar-refractivity contribution >= 4 is 17.7 Å². The molecule has 8 heteroatoms. The Morgan fingerprint density at radius 1 is 0.927 bits per heavy atom. The van der Waals surface area contributed by atoms with Crippen molar-refractivity contribution in [2.75, 3.05) is 13.2 Å². The van der Waals surface area contributed by atoms with E-state index in [1.165, 1.54) is 25.7 Å². The number of aliphatic hydroxyl groups is 3. The number of carbonyl (C=O) groups is 3. The molecule has 1 rings (SSSR count). The fourth-order valence-electron chi connectivity index (χ4n) is 5.06. The molecule has 0 heterocycles. The van der Waals surface area contributed by atoms with Crippen molar-refractivity contribution in [2.24, 2.45) is 11.8 Å². The van der Waals surface area contributed by atoms with Gasteiger partial charge in [0, 0.05) is 31.1 Å². The van der Waals surface area contributed by atoms with Gasteiger partial charge in [-0.15, -0.1) is 0 Å². The third-order valence-electron chi connectivity index (χ3n) is 7.62. The third-order valence-corrected chi connectivity index (χ3v) is 7.62. The summed E-state index contributed by atoms with van der Waals surface area (Å²) in [5, 5.41) is 29.9. The van der Waals surface area contributed by atoms with Crippen molar-refractivity contribution < 1.29 is 39.2 Å². The second-order valence-corrected chi connectivity index (χ2v) is 11.3. The molecular weight excluding hydrogens is 524 g/mol. The summed E-state index contributed by atoms with van der Waals surface area (Å²) in [4.78, 5) is 36.5. The number of unbranched alkanes of at least 4 members (excludes halogenated alkanes) is 9. The van der Waals surface area contributed by atoms with E-state index >= 15 is 0 Å². The molecule has 0 saturated heterocycles. The molecule has 0 amide bonds. The van der Waals surface area contributed by atoms with Gasteiger partial charge >= 0.3 is 11.9 Å². The molecule has 0 aromatic rings. The van der Waals surface area contributed by atoms with E-state index in [1.54, 1.807) is 12.2 Å². The average Bonchev–Trinajstić information content (AvgIpc) is 3.22. The molecule has 41 heavy (non-hydrogen) atoms. The number of hydrogen-bond acceptors (Lipinski definition) is 8. The number of allylic oxidation sites excluding steroid dienone is 2. The minimum Gasteiger partial charge on any atom is -0.462 e. The zero-order valence-electron chi connectivity index (χ0n) is 25.5. The minimum absolute atomic E-state index is 0.0300. The van der Waals surface area contributed by atoms with Gasteiger partial charge in [-0.1, -0.05) is 95.9 Å². The quantitative estimate of drug-likeness (QED) is 0.0747. The van der Waals surface area contributed by atoms with Gasteiger partial charge in [-0.2, -0.15) is 0 Å². The van der Waals surface area contributed by atoms with Crippen molar-refractivity contribution in [2.45, 2.75) is 141 Å². The fourth-order valence-corrected chi connectivity index (χ4v) is 5.06. The van der Waals surface area contributed by atoms with E-state index in [2.05, 4.69) is 13.8 Å². The predicted octanol–water partition coefficient (Wildman–Crippen LogP) is 5.75. The second-order valence-electron chi connectivity index (χ2n) is 11.3. The number of hydrogen-bond donors (Lipinski definition) is 3. The largest absolute Gasteiger partial charge is 0.462 e.